The minimum atomic E-state index is -0.428. The van der Waals surface area contributed by atoms with Crippen molar-refractivity contribution < 1.29 is 5.11 Å². The predicted octanol–water partition coefficient (Wildman–Crippen LogP) is 3.81. The normalized spacial score (nSPS) is 21.2. The lowest BCUT2D eigenvalue weighted by Gasteiger charge is -2.42. The van der Waals surface area contributed by atoms with Gasteiger partial charge in [0.2, 0.25) is 0 Å². The van der Waals surface area contributed by atoms with Crippen LogP contribution in [0.2, 0.25) is 0 Å². The van der Waals surface area contributed by atoms with Crippen molar-refractivity contribution in [3.8, 4) is 0 Å². The van der Waals surface area contributed by atoms with E-state index in [-0.39, 0.29) is 0 Å². The van der Waals surface area contributed by atoms with Crippen LogP contribution in [0.15, 0.2) is 0 Å². The molecular formula is C15H30BrNO. The molecule has 1 rings (SSSR count). The molecule has 0 amide bonds. The summed E-state index contributed by atoms with van der Waals surface area (Å²) < 4.78 is 0. The number of rotatable bonds is 7. The zero-order chi connectivity index (χ0) is 13.6. The highest BCUT2D eigenvalue weighted by Gasteiger charge is 2.33. The maximum atomic E-state index is 10.0. The van der Waals surface area contributed by atoms with Crippen molar-refractivity contribution >= 4 is 15.9 Å². The van der Waals surface area contributed by atoms with Crippen LogP contribution >= 0.6 is 15.9 Å². The van der Waals surface area contributed by atoms with Crippen LogP contribution in [0, 0.1) is 5.41 Å². The van der Waals surface area contributed by atoms with Gasteiger partial charge in [-0.2, -0.15) is 0 Å². The van der Waals surface area contributed by atoms with Crippen molar-refractivity contribution in [1.82, 2.24) is 4.90 Å². The SMILES string of the molecule is CCCC(CBr)(CCC)CN1CCC(C)(O)CC1. The van der Waals surface area contributed by atoms with Crippen LogP contribution in [0.5, 0.6) is 0 Å². The minimum absolute atomic E-state index is 0.428. The molecule has 1 aliphatic rings. The number of nitrogens with zero attached hydrogens (tertiary/aromatic N) is 1. The van der Waals surface area contributed by atoms with Gasteiger partial charge in [0.05, 0.1) is 5.60 Å². The molecule has 0 aromatic rings. The number of alkyl halides is 1. The van der Waals surface area contributed by atoms with E-state index in [1.165, 1.54) is 32.2 Å². The first-order valence-electron chi connectivity index (χ1n) is 7.48. The van der Waals surface area contributed by atoms with Crippen molar-refractivity contribution in [2.24, 2.45) is 5.41 Å². The van der Waals surface area contributed by atoms with Gasteiger partial charge in [-0.25, -0.2) is 0 Å². The van der Waals surface area contributed by atoms with Crippen LogP contribution in [-0.2, 0) is 0 Å². The van der Waals surface area contributed by atoms with E-state index in [1.807, 2.05) is 6.92 Å². The molecule has 0 aromatic heterocycles. The first-order chi connectivity index (χ1) is 8.47. The molecule has 108 valence electrons. The van der Waals surface area contributed by atoms with Gasteiger partial charge in [0.1, 0.15) is 0 Å². The number of halogens is 1. The van der Waals surface area contributed by atoms with Gasteiger partial charge in [0, 0.05) is 25.0 Å². The van der Waals surface area contributed by atoms with E-state index < -0.39 is 5.60 Å². The molecule has 0 saturated carbocycles. The molecule has 0 atom stereocenters. The maximum Gasteiger partial charge on any atom is 0.0644 e. The van der Waals surface area contributed by atoms with Gasteiger partial charge < -0.3 is 10.0 Å². The Balaban J connectivity index is 2.55. The lowest BCUT2D eigenvalue weighted by molar-refractivity contribution is -0.0157. The molecular weight excluding hydrogens is 290 g/mol. The number of aliphatic hydroxyl groups is 1. The average Bonchev–Trinajstić information content (AvgIpc) is 2.32. The van der Waals surface area contributed by atoms with Gasteiger partial charge in [0.25, 0.3) is 0 Å². The second-order valence-electron chi connectivity index (χ2n) is 6.41. The second kappa shape index (κ2) is 7.25. The number of likely N-dealkylation sites (tertiary alicyclic amines) is 1. The van der Waals surface area contributed by atoms with Gasteiger partial charge in [-0.3, -0.25) is 0 Å². The van der Waals surface area contributed by atoms with Crippen molar-refractivity contribution in [2.45, 2.75) is 64.9 Å². The smallest absolute Gasteiger partial charge is 0.0644 e. The maximum absolute atomic E-state index is 10.0. The summed E-state index contributed by atoms with van der Waals surface area (Å²) in [5.74, 6) is 0. The fraction of sp³-hybridized carbons (Fsp3) is 1.00. The van der Waals surface area contributed by atoms with Crippen LogP contribution in [0.4, 0.5) is 0 Å². The van der Waals surface area contributed by atoms with Crippen LogP contribution in [0.1, 0.15) is 59.3 Å². The van der Waals surface area contributed by atoms with Crippen molar-refractivity contribution in [3.05, 3.63) is 0 Å². The van der Waals surface area contributed by atoms with Gasteiger partial charge in [-0.05, 0) is 38.0 Å². The molecule has 18 heavy (non-hydrogen) atoms. The zero-order valence-electron chi connectivity index (χ0n) is 12.3. The Bertz CT molecular complexity index is 227. The Morgan fingerprint density at radius 2 is 1.67 bits per heavy atom. The molecule has 1 saturated heterocycles. The predicted molar refractivity (Wildman–Crippen MR) is 82.3 cm³/mol. The van der Waals surface area contributed by atoms with Crippen LogP contribution < -0.4 is 0 Å². The lowest BCUT2D eigenvalue weighted by atomic mass is 9.80. The first kappa shape index (κ1) is 16.5. The molecule has 1 aliphatic heterocycles. The topological polar surface area (TPSA) is 23.5 Å². The fourth-order valence-electron chi connectivity index (χ4n) is 3.19. The molecule has 0 aromatic carbocycles. The lowest BCUT2D eigenvalue weighted by Crippen LogP contribution is -2.47. The summed E-state index contributed by atoms with van der Waals surface area (Å²) in [6.45, 7) is 9.84. The second-order valence-corrected chi connectivity index (χ2v) is 6.97. The minimum Gasteiger partial charge on any atom is -0.390 e. The number of hydrogen-bond acceptors (Lipinski definition) is 2. The Labute approximate surface area is 121 Å². The standard InChI is InChI=1S/C15H30BrNO/c1-4-6-15(12-16,7-5-2)13-17-10-8-14(3,18)9-11-17/h18H,4-13H2,1-3H3. The third-order valence-corrected chi connectivity index (χ3v) is 5.53. The Kier molecular flexibility index (Phi) is 6.63. The third-order valence-electron chi connectivity index (χ3n) is 4.34. The number of piperidine rings is 1. The van der Waals surface area contributed by atoms with Crippen LogP contribution in [-0.4, -0.2) is 40.6 Å². The number of hydrogen-bond donors (Lipinski definition) is 1. The molecule has 0 spiro atoms. The Morgan fingerprint density at radius 3 is 2.06 bits per heavy atom. The van der Waals surface area contributed by atoms with Crippen molar-refractivity contribution in [1.29, 1.82) is 0 Å². The molecule has 1 heterocycles. The van der Waals surface area contributed by atoms with E-state index in [4.69, 9.17) is 0 Å². The van der Waals surface area contributed by atoms with Crippen molar-refractivity contribution in [2.75, 3.05) is 25.0 Å². The van der Waals surface area contributed by atoms with E-state index in [9.17, 15) is 5.11 Å². The third kappa shape index (κ3) is 4.82. The van der Waals surface area contributed by atoms with Gasteiger partial charge in [0.15, 0.2) is 0 Å². The summed E-state index contributed by atoms with van der Waals surface area (Å²) in [6.07, 6.45) is 6.97. The summed E-state index contributed by atoms with van der Waals surface area (Å²) in [7, 11) is 0. The molecule has 1 fully saturated rings. The highest BCUT2D eigenvalue weighted by molar-refractivity contribution is 9.09. The molecule has 0 aliphatic carbocycles. The van der Waals surface area contributed by atoms with E-state index in [0.29, 0.717) is 5.41 Å². The Morgan fingerprint density at radius 1 is 1.17 bits per heavy atom. The van der Waals surface area contributed by atoms with E-state index in [0.717, 1.165) is 31.3 Å². The summed E-state index contributed by atoms with van der Waals surface area (Å²) in [5, 5.41) is 11.1. The zero-order valence-corrected chi connectivity index (χ0v) is 13.9. The summed E-state index contributed by atoms with van der Waals surface area (Å²) in [4.78, 5) is 2.56. The molecule has 0 bridgehead atoms. The highest BCUT2D eigenvalue weighted by Crippen LogP contribution is 2.34. The van der Waals surface area contributed by atoms with Crippen molar-refractivity contribution in [3.63, 3.8) is 0 Å². The van der Waals surface area contributed by atoms with Gasteiger partial charge >= 0.3 is 0 Å². The summed E-state index contributed by atoms with van der Waals surface area (Å²) >= 11 is 3.75. The van der Waals surface area contributed by atoms with Crippen LogP contribution in [0.3, 0.4) is 0 Å². The van der Waals surface area contributed by atoms with E-state index in [2.05, 4.69) is 34.7 Å². The molecule has 0 unspecified atom stereocenters. The molecule has 0 radical (unpaired) electrons. The van der Waals surface area contributed by atoms with Gasteiger partial charge in [-0.15, -0.1) is 0 Å². The Hall–Kier alpha value is 0.400. The fourth-order valence-corrected chi connectivity index (χ4v) is 3.92. The average molecular weight is 320 g/mol. The van der Waals surface area contributed by atoms with Gasteiger partial charge in [-0.1, -0.05) is 42.6 Å². The summed E-state index contributed by atoms with van der Waals surface area (Å²) in [5.41, 5.74) is 0.00969. The quantitative estimate of drug-likeness (QED) is 0.721. The molecule has 3 heteroatoms. The highest BCUT2D eigenvalue weighted by atomic mass is 79.9. The largest absolute Gasteiger partial charge is 0.390 e. The van der Waals surface area contributed by atoms with Crippen LogP contribution in [0.25, 0.3) is 0 Å². The summed E-state index contributed by atoms with van der Waals surface area (Å²) in [6, 6.07) is 0. The van der Waals surface area contributed by atoms with E-state index >= 15 is 0 Å². The monoisotopic (exact) mass is 319 g/mol. The van der Waals surface area contributed by atoms with E-state index in [1.54, 1.807) is 0 Å². The molecule has 2 nitrogen and oxygen atoms in total. The molecule has 1 N–H and O–H groups in total. The first-order valence-corrected chi connectivity index (χ1v) is 8.60.